The molecule has 1 unspecified atom stereocenters. The van der Waals surface area contributed by atoms with Crippen molar-refractivity contribution in [1.29, 1.82) is 0 Å². The fourth-order valence-electron chi connectivity index (χ4n) is 3.19. The third-order valence-electron chi connectivity index (χ3n) is 4.57. The third kappa shape index (κ3) is 3.51. The lowest BCUT2D eigenvalue weighted by atomic mass is 10.0. The van der Waals surface area contributed by atoms with Crippen LogP contribution in [0.3, 0.4) is 0 Å². The second-order valence-corrected chi connectivity index (χ2v) is 8.09. The van der Waals surface area contributed by atoms with E-state index in [2.05, 4.69) is 34.3 Å². The zero-order valence-electron chi connectivity index (χ0n) is 15.5. The van der Waals surface area contributed by atoms with E-state index in [0.29, 0.717) is 5.52 Å². The van der Waals surface area contributed by atoms with Crippen molar-refractivity contribution in [2.45, 2.75) is 26.8 Å². The van der Waals surface area contributed by atoms with E-state index in [1.54, 1.807) is 17.5 Å². The number of hydrogen-bond donors (Lipinski definition) is 2. The quantitative estimate of drug-likeness (QED) is 0.493. The van der Waals surface area contributed by atoms with Gasteiger partial charge in [0.25, 0.3) is 0 Å². The number of phenolic OH excluding ortho intramolecular Hbond substituents is 1. The molecule has 4 nitrogen and oxygen atoms in total. The number of benzene rings is 1. The summed E-state index contributed by atoms with van der Waals surface area (Å²) < 4.78 is 0. The first-order valence-corrected chi connectivity index (χ1v) is 9.67. The van der Waals surface area contributed by atoms with E-state index in [4.69, 9.17) is 0 Å². The zero-order chi connectivity index (χ0) is 19.0. The highest BCUT2D eigenvalue weighted by Gasteiger charge is 2.22. The van der Waals surface area contributed by atoms with Gasteiger partial charge in [0.05, 0.1) is 6.04 Å². The maximum Gasteiger partial charge on any atom is 0.147 e. The Bertz CT molecular complexity index is 1120. The molecule has 0 fully saturated rings. The molecule has 0 bridgehead atoms. The van der Waals surface area contributed by atoms with Crippen LogP contribution in [0.5, 0.6) is 5.75 Å². The Balaban J connectivity index is 1.85. The lowest BCUT2D eigenvalue weighted by molar-refractivity contribution is 0.472. The SMILES string of the molecule is Cc1ccnc(NC(c2ccc(C)s2)c2ccc3ccc(C)nc3c2O)c1. The summed E-state index contributed by atoms with van der Waals surface area (Å²) in [7, 11) is 0. The molecule has 0 radical (unpaired) electrons. The van der Waals surface area contributed by atoms with Crippen molar-refractivity contribution in [3.05, 3.63) is 81.3 Å². The van der Waals surface area contributed by atoms with E-state index in [0.717, 1.165) is 32.9 Å². The second-order valence-electron chi connectivity index (χ2n) is 6.77. The van der Waals surface area contributed by atoms with Gasteiger partial charge in [0.1, 0.15) is 17.1 Å². The molecule has 0 saturated carbocycles. The van der Waals surface area contributed by atoms with Crippen molar-refractivity contribution in [3.63, 3.8) is 0 Å². The largest absolute Gasteiger partial charge is 0.505 e. The van der Waals surface area contributed by atoms with E-state index < -0.39 is 0 Å². The molecular weight excluding hydrogens is 354 g/mol. The number of rotatable bonds is 4. The summed E-state index contributed by atoms with van der Waals surface area (Å²) >= 11 is 1.71. The number of aromatic hydroxyl groups is 1. The molecule has 0 aliphatic heterocycles. The summed E-state index contributed by atoms with van der Waals surface area (Å²) in [4.78, 5) is 11.3. The van der Waals surface area contributed by atoms with Crippen LogP contribution in [0.1, 0.15) is 32.6 Å². The first kappa shape index (κ1) is 17.5. The van der Waals surface area contributed by atoms with Crippen LogP contribution in [-0.2, 0) is 0 Å². The Morgan fingerprint density at radius 3 is 2.56 bits per heavy atom. The minimum atomic E-state index is -0.204. The maximum atomic E-state index is 11.0. The molecule has 136 valence electrons. The van der Waals surface area contributed by atoms with Crippen LogP contribution in [0, 0.1) is 20.8 Å². The highest BCUT2D eigenvalue weighted by Crippen LogP contribution is 2.38. The van der Waals surface area contributed by atoms with Gasteiger partial charge >= 0.3 is 0 Å². The van der Waals surface area contributed by atoms with E-state index in [-0.39, 0.29) is 11.8 Å². The molecule has 0 amide bonds. The van der Waals surface area contributed by atoms with Crippen LogP contribution >= 0.6 is 11.3 Å². The van der Waals surface area contributed by atoms with Gasteiger partial charge < -0.3 is 10.4 Å². The van der Waals surface area contributed by atoms with Crippen LogP contribution in [0.4, 0.5) is 5.82 Å². The molecule has 4 aromatic rings. The van der Waals surface area contributed by atoms with Crippen molar-refractivity contribution in [1.82, 2.24) is 9.97 Å². The molecular formula is C22H21N3OS. The smallest absolute Gasteiger partial charge is 0.147 e. The van der Waals surface area contributed by atoms with Crippen molar-refractivity contribution >= 4 is 28.1 Å². The number of hydrogen-bond acceptors (Lipinski definition) is 5. The fourth-order valence-corrected chi connectivity index (χ4v) is 4.14. The molecule has 0 aliphatic carbocycles. The van der Waals surface area contributed by atoms with Crippen LogP contribution in [-0.4, -0.2) is 15.1 Å². The van der Waals surface area contributed by atoms with Crippen molar-refractivity contribution in [2.75, 3.05) is 5.32 Å². The highest BCUT2D eigenvalue weighted by molar-refractivity contribution is 7.12. The Morgan fingerprint density at radius 1 is 1.00 bits per heavy atom. The summed E-state index contributed by atoms with van der Waals surface area (Å²) in [5.74, 6) is 0.996. The van der Waals surface area contributed by atoms with E-state index in [9.17, 15) is 5.11 Å². The highest BCUT2D eigenvalue weighted by atomic mass is 32.1. The molecule has 0 aliphatic rings. The molecule has 1 aromatic carbocycles. The number of aromatic nitrogens is 2. The van der Waals surface area contributed by atoms with Gasteiger partial charge in [-0.25, -0.2) is 9.97 Å². The Labute approximate surface area is 162 Å². The predicted octanol–water partition coefficient (Wildman–Crippen LogP) is 5.52. The summed E-state index contributed by atoms with van der Waals surface area (Å²) in [5, 5.41) is 15.5. The number of aryl methyl sites for hydroxylation is 3. The van der Waals surface area contributed by atoms with Crippen LogP contribution < -0.4 is 5.32 Å². The van der Waals surface area contributed by atoms with Gasteiger partial charge in [-0.3, -0.25) is 0 Å². The lowest BCUT2D eigenvalue weighted by Crippen LogP contribution is -2.12. The molecule has 0 spiro atoms. The van der Waals surface area contributed by atoms with Crippen LogP contribution in [0.25, 0.3) is 10.9 Å². The first-order valence-electron chi connectivity index (χ1n) is 8.86. The number of anilines is 1. The number of nitrogens with one attached hydrogen (secondary N) is 1. The van der Waals surface area contributed by atoms with Gasteiger partial charge in [0.2, 0.25) is 0 Å². The maximum absolute atomic E-state index is 11.0. The molecule has 27 heavy (non-hydrogen) atoms. The van der Waals surface area contributed by atoms with Gasteiger partial charge in [-0.05, 0) is 56.7 Å². The van der Waals surface area contributed by atoms with Gasteiger partial charge in [0, 0.05) is 32.6 Å². The van der Waals surface area contributed by atoms with E-state index in [1.165, 1.54) is 4.88 Å². The monoisotopic (exact) mass is 375 g/mol. The molecule has 4 rings (SSSR count). The lowest BCUT2D eigenvalue weighted by Gasteiger charge is -2.21. The summed E-state index contributed by atoms with van der Waals surface area (Å²) in [5.41, 5.74) is 3.44. The minimum absolute atomic E-state index is 0.204. The molecule has 5 heteroatoms. The minimum Gasteiger partial charge on any atom is -0.505 e. The standard InChI is InChI=1S/C22H21N3OS/c1-13-10-11-23-19(12-13)25-21(18-9-5-15(3)27-18)17-8-7-16-6-4-14(2)24-20(16)22(17)26/h4-12,21,26H,1-3H3,(H,23,25). The van der Waals surface area contributed by atoms with Gasteiger partial charge in [-0.1, -0.05) is 18.2 Å². The van der Waals surface area contributed by atoms with Crippen molar-refractivity contribution in [3.8, 4) is 5.75 Å². The average Bonchev–Trinajstić information content (AvgIpc) is 3.07. The summed E-state index contributed by atoms with van der Waals surface area (Å²) in [6.07, 6.45) is 1.79. The molecule has 1 atom stereocenters. The van der Waals surface area contributed by atoms with E-state index >= 15 is 0 Å². The van der Waals surface area contributed by atoms with Gasteiger partial charge in [0.15, 0.2) is 0 Å². The summed E-state index contributed by atoms with van der Waals surface area (Å²) in [6.45, 7) is 6.05. The Hall–Kier alpha value is -2.92. The fraction of sp³-hybridized carbons (Fsp3) is 0.182. The van der Waals surface area contributed by atoms with E-state index in [1.807, 2.05) is 50.2 Å². The summed E-state index contributed by atoms with van der Waals surface area (Å²) in [6, 6.07) is 15.9. The molecule has 3 aromatic heterocycles. The third-order valence-corrected chi connectivity index (χ3v) is 5.64. The topological polar surface area (TPSA) is 58.0 Å². The molecule has 2 N–H and O–H groups in total. The van der Waals surface area contributed by atoms with Crippen molar-refractivity contribution < 1.29 is 5.11 Å². The van der Waals surface area contributed by atoms with Crippen LogP contribution in [0.15, 0.2) is 54.7 Å². The Morgan fingerprint density at radius 2 is 1.81 bits per heavy atom. The number of fused-ring (bicyclic) bond motifs is 1. The average molecular weight is 375 g/mol. The normalized spacial score (nSPS) is 12.3. The molecule has 3 heterocycles. The number of pyridine rings is 2. The van der Waals surface area contributed by atoms with Gasteiger partial charge in [-0.15, -0.1) is 11.3 Å². The number of nitrogens with zero attached hydrogens (tertiary/aromatic N) is 2. The Kier molecular flexibility index (Phi) is 4.54. The zero-order valence-corrected chi connectivity index (χ0v) is 16.3. The first-order chi connectivity index (χ1) is 13.0. The molecule has 0 saturated heterocycles. The predicted molar refractivity (Wildman–Crippen MR) is 112 cm³/mol. The second kappa shape index (κ2) is 7.00. The number of thiophene rings is 1. The van der Waals surface area contributed by atoms with Crippen LogP contribution in [0.2, 0.25) is 0 Å². The number of phenols is 1. The van der Waals surface area contributed by atoms with Gasteiger partial charge in [-0.2, -0.15) is 0 Å². The van der Waals surface area contributed by atoms with Crippen molar-refractivity contribution in [2.24, 2.45) is 0 Å².